The van der Waals surface area contributed by atoms with Gasteiger partial charge in [-0.2, -0.15) is 0 Å². The van der Waals surface area contributed by atoms with Gasteiger partial charge in [0.2, 0.25) is 0 Å². The first-order chi connectivity index (χ1) is 12.6. The molecular formula is C21H22O4S. The van der Waals surface area contributed by atoms with Gasteiger partial charge in [0.1, 0.15) is 17.3 Å². The fraction of sp³-hybridized carbons (Fsp3) is 0.333. The van der Waals surface area contributed by atoms with Gasteiger partial charge in [-0.15, -0.1) is 0 Å². The molecule has 1 saturated carbocycles. The number of methoxy groups -OCH3 is 2. The average molecular weight is 370 g/mol. The van der Waals surface area contributed by atoms with Crippen LogP contribution < -0.4 is 9.47 Å². The number of hydrogen-bond acceptors (Lipinski definition) is 5. The fourth-order valence-corrected chi connectivity index (χ4v) is 4.31. The van der Waals surface area contributed by atoms with E-state index in [-0.39, 0.29) is 22.7 Å². The number of ether oxygens (including phenoxy) is 2. The van der Waals surface area contributed by atoms with Crippen LogP contribution in [0.15, 0.2) is 48.5 Å². The van der Waals surface area contributed by atoms with Crippen LogP contribution in [-0.4, -0.2) is 31.4 Å². The third-order valence-corrected chi connectivity index (χ3v) is 5.67. The molecule has 0 unspecified atom stereocenters. The van der Waals surface area contributed by atoms with Crippen LogP contribution in [0, 0.1) is 5.92 Å². The van der Waals surface area contributed by atoms with Crippen molar-refractivity contribution in [2.45, 2.75) is 18.3 Å². The molecule has 0 radical (unpaired) electrons. The first kappa shape index (κ1) is 18.5. The van der Waals surface area contributed by atoms with Crippen molar-refractivity contribution in [1.82, 2.24) is 0 Å². The molecule has 1 aliphatic carbocycles. The molecular weight excluding hydrogens is 348 g/mol. The Morgan fingerprint density at radius 1 is 1.00 bits per heavy atom. The van der Waals surface area contributed by atoms with E-state index in [0.717, 1.165) is 34.4 Å². The molecule has 3 rings (SSSR count). The van der Waals surface area contributed by atoms with Gasteiger partial charge in [0.25, 0.3) is 0 Å². The Kier molecular flexibility index (Phi) is 5.67. The summed E-state index contributed by atoms with van der Waals surface area (Å²) < 4.78 is 10.7. The van der Waals surface area contributed by atoms with E-state index in [1.165, 1.54) is 0 Å². The molecule has 1 fully saturated rings. The van der Waals surface area contributed by atoms with Gasteiger partial charge in [-0.25, -0.2) is 0 Å². The van der Waals surface area contributed by atoms with E-state index in [0.29, 0.717) is 6.42 Å². The second kappa shape index (κ2) is 7.96. The number of Topliss-reactive ketones (excluding diaryl/α,β-unsaturated/α-hetero) is 1. The number of ketones is 1. The lowest BCUT2D eigenvalue weighted by Crippen LogP contribution is -2.22. The molecule has 0 aliphatic heterocycles. The van der Waals surface area contributed by atoms with Crippen LogP contribution in [0.5, 0.6) is 11.5 Å². The molecule has 0 amide bonds. The SMILES string of the molecule is COc1cccc([C@@H]2[C@@H](C(=O)SC)C(=O)C[C@H]2c2cccc(OC)c2)c1. The maximum Gasteiger partial charge on any atom is 0.199 e. The second-order valence-corrected chi connectivity index (χ2v) is 7.17. The van der Waals surface area contributed by atoms with E-state index in [4.69, 9.17) is 9.47 Å². The van der Waals surface area contributed by atoms with Gasteiger partial charge in [-0.05, 0) is 47.6 Å². The summed E-state index contributed by atoms with van der Waals surface area (Å²) in [7, 11) is 3.24. The van der Waals surface area contributed by atoms with Gasteiger partial charge in [-0.3, -0.25) is 9.59 Å². The Hall–Kier alpha value is -2.27. The first-order valence-corrected chi connectivity index (χ1v) is 9.70. The van der Waals surface area contributed by atoms with E-state index in [1.54, 1.807) is 20.5 Å². The molecule has 0 saturated heterocycles. The summed E-state index contributed by atoms with van der Waals surface area (Å²) in [6, 6.07) is 15.4. The van der Waals surface area contributed by atoms with E-state index >= 15 is 0 Å². The minimum Gasteiger partial charge on any atom is -0.497 e. The van der Waals surface area contributed by atoms with Gasteiger partial charge < -0.3 is 9.47 Å². The molecule has 0 bridgehead atoms. The molecule has 0 heterocycles. The summed E-state index contributed by atoms with van der Waals surface area (Å²) in [5, 5.41) is -0.0757. The van der Waals surface area contributed by atoms with Crippen molar-refractivity contribution >= 4 is 22.7 Å². The summed E-state index contributed by atoms with van der Waals surface area (Å²) >= 11 is 1.12. The summed E-state index contributed by atoms with van der Waals surface area (Å²) in [5.41, 5.74) is 1.97. The minimum atomic E-state index is -0.631. The van der Waals surface area contributed by atoms with Crippen molar-refractivity contribution in [1.29, 1.82) is 0 Å². The highest BCUT2D eigenvalue weighted by Gasteiger charge is 2.47. The Balaban J connectivity index is 2.09. The van der Waals surface area contributed by atoms with Crippen molar-refractivity contribution in [3.8, 4) is 11.5 Å². The Morgan fingerprint density at radius 3 is 2.15 bits per heavy atom. The Bertz CT molecular complexity index is 817. The first-order valence-electron chi connectivity index (χ1n) is 8.47. The second-order valence-electron chi connectivity index (χ2n) is 6.36. The number of thioether (sulfide) groups is 1. The summed E-state index contributed by atoms with van der Waals surface area (Å²) in [5.74, 6) is 0.578. The van der Waals surface area contributed by atoms with Gasteiger partial charge in [0, 0.05) is 12.3 Å². The normalized spacial score (nSPS) is 22.3. The van der Waals surface area contributed by atoms with Crippen LogP contribution in [0.25, 0.3) is 0 Å². The lowest BCUT2D eigenvalue weighted by molar-refractivity contribution is -0.126. The lowest BCUT2D eigenvalue weighted by Gasteiger charge is -2.24. The molecule has 26 heavy (non-hydrogen) atoms. The van der Waals surface area contributed by atoms with Crippen molar-refractivity contribution in [2.75, 3.05) is 20.5 Å². The fourth-order valence-electron chi connectivity index (χ4n) is 3.78. The van der Waals surface area contributed by atoms with Crippen molar-refractivity contribution in [3.63, 3.8) is 0 Å². The van der Waals surface area contributed by atoms with Crippen molar-refractivity contribution < 1.29 is 19.1 Å². The number of benzene rings is 2. The van der Waals surface area contributed by atoms with Crippen LogP contribution in [-0.2, 0) is 9.59 Å². The zero-order valence-electron chi connectivity index (χ0n) is 15.1. The third-order valence-electron chi connectivity index (χ3n) is 5.02. The van der Waals surface area contributed by atoms with Crippen LogP contribution >= 0.6 is 11.8 Å². The van der Waals surface area contributed by atoms with Gasteiger partial charge >= 0.3 is 0 Å². The molecule has 0 N–H and O–H groups in total. The minimum absolute atomic E-state index is 0.00462. The van der Waals surface area contributed by atoms with E-state index in [9.17, 15) is 9.59 Å². The molecule has 1 aliphatic rings. The number of carbonyl (C=O) groups excluding carboxylic acids is 2. The molecule has 5 heteroatoms. The van der Waals surface area contributed by atoms with Crippen LogP contribution in [0.1, 0.15) is 29.4 Å². The van der Waals surface area contributed by atoms with Crippen LogP contribution in [0.2, 0.25) is 0 Å². The van der Waals surface area contributed by atoms with Crippen molar-refractivity contribution in [3.05, 3.63) is 59.7 Å². The number of rotatable bonds is 5. The standard InChI is InChI=1S/C21H22O4S/c1-24-15-8-4-6-13(10-15)17-12-18(22)20(21(23)26-3)19(17)14-7-5-9-16(11-14)25-2/h4-11,17,19-20H,12H2,1-3H3/t17-,19-,20-/m0/s1. The van der Waals surface area contributed by atoms with Crippen LogP contribution in [0.3, 0.4) is 0 Å². The molecule has 136 valence electrons. The quantitative estimate of drug-likeness (QED) is 0.743. The topological polar surface area (TPSA) is 52.6 Å². The largest absolute Gasteiger partial charge is 0.497 e. The zero-order valence-corrected chi connectivity index (χ0v) is 15.9. The molecule has 0 aromatic heterocycles. The highest BCUT2D eigenvalue weighted by Crippen LogP contribution is 2.50. The highest BCUT2D eigenvalue weighted by molar-refractivity contribution is 8.13. The summed E-state index contributed by atoms with van der Waals surface area (Å²) in [4.78, 5) is 25.3. The Morgan fingerprint density at radius 2 is 1.58 bits per heavy atom. The molecule has 2 aromatic carbocycles. The smallest absolute Gasteiger partial charge is 0.199 e. The molecule has 3 atom stereocenters. The highest BCUT2D eigenvalue weighted by atomic mass is 32.2. The van der Waals surface area contributed by atoms with E-state index in [2.05, 4.69) is 0 Å². The molecule has 2 aromatic rings. The predicted octanol–water partition coefficient (Wildman–Crippen LogP) is 4.05. The monoisotopic (exact) mass is 370 g/mol. The third kappa shape index (κ3) is 3.49. The summed E-state index contributed by atoms with van der Waals surface area (Å²) in [6.45, 7) is 0. The average Bonchev–Trinajstić information content (AvgIpc) is 3.04. The lowest BCUT2D eigenvalue weighted by atomic mass is 9.80. The maximum absolute atomic E-state index is 12.8. The number of hydrogen-bond donors (Lipinski definition) is 0. The predicted molar refractivity (Wildman–Crippen MR) is 103 cm³/mol. The summed E-state index contributed by atoms with van der Waals surface area (Å²) in [6.07, 6.45) is 2.09. The number of carbonyl (C=O) groups is 2. The molecule has 4 nitrogen and oxygen atoms in total. The van der Waals surface area contributed by atoms with Gasteiger partial charge in [-0.1, -0.05) is 36.0 Å². The van der Waals surface area contributed by atoms with Gasteiger partial charge in [0.05, 0.1) is 20.1 Å². The maximum atomic E-state index is 12.8. The van der Waals surface area contributed by atoms with E-state index < -0.39 is 5.92 Å². The van der Waals surface area contributed by atoms with Crippen LogP contribution in [0.4, 0.5) is 0 Å². The molecule has 0 spiro atoms. The van der Waals surface area contributed by atoms with Gasteiger partial charge in [0.15, 0.2) is 5.12 Å². The Labute approximate surface area is 157 Å². The van der Waals surface area contributed by atoms with E-state index in [1.807, 2.05) is 48.5 Å². The van der Waals surface area contributed by atoms with Crippen molar-refractivity contribution in [2.24, 2.45) is 5.92 Å². The zero-order chi connectivity index (χ0) is 18.7.